The summed E-state index contributed by atoms with van der Waals surface area (Å²) in [4.78, 5) is 69.4. The van der Waals surface area contributed by atoms with Crippen molar-refractivity contribution in [1.29, 1.82) is 0 Å². The van der Waals surface area contributed by atoms with E-state index in [0.29, 0.717) is 74.3 Å². The number of aryl methyl sites for hydroxylation is 1. The van der Waals surface area contributed by atoms with Crippen LogP contribution in [0.2, 0.25) is 0 Å². The number of piperidine rings is 2. The Morgan fingerprint density at radius 1 is 0.988 bits per heavy atom. The number of rotatable bonds is 18. The second-order valence-corrected chi connectivity index (χ2v) is 23.3. The highest BCUT2D eigenvalue weighted by atomic mass is 32.1. The zero-order valence-electron chi connectivity index (χ0n) is 45.4. The van der Waals surface area contributed by atoms with Crippen molar-refractivity contribution in [3.8, 4) is 27.4 Å². The van der Waals surface area contributed by atoms with Crippen LogP contribution >= 0.6 is 11.3 Å². The molecule has 3 amide bonds. The monoisotopic (exact) mass is 1130 g/mol. The number of hydrogen-bond acceptors (Lipinski definition) is 16. The average molecular weight is 1130 g/mol. The topological polar surface area (TPSA) is 256 Å². The number of amides is 3. The van der Waals surface area contributed by atoms with E-state index >= 15 is 8.78 Å². The molecule has 6 aromatic rings. The van der Waals surface area contributed by atoms with E-state index in [4.69, 9.17) is 16.2 Å². The molecule has 0 aliphatic carbocycles. The smallest absolute Gasteiger partial charge is 0.265 e. The molecule has 7 heterocycles. The average Bonchev–Trinajstić information content (AvgIpc) is 4.17. The molecule has 24 heteroatoms. The van der Waals surface area contributed by atoms with Crippen LogP contribution in [0.25, 0.3) is 32.9 Å². The van der Waals surface area contributed by atoms with Crippen LogP contribution in [0, 0.1) is 24.0 Å². The SMILES string of the molecule is Cc1ncsc1-c1ccc([C@H](C)NC(=O)[C@@H]2C[C@@H](O)CN2C(=O)[C@@H](NC(=O)CCCN2CCC(Oc3cc(F)c(-c4cc(Cn5cnc6c(N)ncnc65)c(N5CCC[C@](N)([C@H](O)C(F)F)C5)cn4)cc3F)CC2)C(C)(C)C)cc1. The summed E-state index contributed by atoms with van der Waals surface area (Å²) in [6.45, 7) is 11.4. The standard InChI is InChI=1S/C56H69F4N13O6S/c1-31(33-9-11-34(12-10-33)47-32(2)67-30-80-47)68-53(77)42-21-36(74)26-73(42)54(78)48(55(3,4)5)69-45(75)8-6-16-70-18-13-37(14-19-70)79-44-23-39(57)38(22-40(44)58)41-20-35(25-72-29-66-46-51(61)64-28-65-52(46)72)43(24-63-41)71-17-7-15-56(62,27-71)49(76)50(59)60/h9-12,20,22-24,28-31,36-37,42,48-50,74,76H,6-8,13-19,21,25-27,62H2,1-5H3,(H,68,77)(H,69,75)(H2,61,64,65)/t31-,36+,42-,48+,49+,56+/m0/s1. The molecule has 0 unspecified atom stereocenters. The predicted molar refractivity (Wildman–Crippen MR) is 294 cm³/mol. The molecule has 0 bridgehead atoms. The van der Waals surface area contributed by atoms with Gasteiger partial charge in [0, 0.05) is 57.2 Å². The summed E-state index contributed by atoms with van der Waals surface area (Å²) >= 11 is 1.56. The van der Waals surface area contributed by atoms with E-state index in [9.17, 15) is 33.4 Å². The van der Waals surface area contributed by atoms with Gasteiger partial charge in [0.25, 0.3) is 6.43 Å². The lowest BCUT2D eigenvalue weighted by molar-refractivity contribution is -0.144. The normalized spacial score (nSPS) is 20.5. The van der Waals surface area contributed by atoms with Gasteiger partial charge in [0.05, 0.1) is 64.2 Å². The minimum atomic E-state index is -3.06. The van der Waals surface area contributed by atoms with Crippen molar-refractivity contribution in [2.75, 3.05) is 49.9 Å². The minimum Gasteiger partial charge on any atom is -0.487 e. The van der Waals surface area contributed by atoms with Gasteiger partial charge in [0.1, 0.15) is 42.0 Å². The van der Waals surface area contributed by atoms with Crippen molar-refractivity contribution >= 4 is 51.7 Å². The van der Waals surface area contributed by atoms with Gasteiger partial charge in [0.2, 0.25) is 17.7 Å². The molecule has 3 saturated heterocycles. The number of aliphatic hydroxyl groups is 2. The third-order valence-electron chi connectivity index (χ3n) is 15.5. The lowest BCUT2D eigenvalue weighted by atomic mass is 9.84. The molecule has 2 aromatic carbocycles. The fraction of sp³-hybridized carbons (Fsp3) is 0.500. The van der Waals surface area contributed by atoms with Gasteiger partial charge in [-0.15, -0.1) is 11.3 Å². The van der Waals surface area contributed by atoms with Crippen molar-refractivity contribution in [1.82, 2.24) is 49.9 Å². The fourth-order valence-electron chi connectivity index (χ4n) is 11.0. The summed E-state index contributed by atoms with van der Waals surface area (Å²) in [6.07, 6.45) is 0.00818. The van der Waals surface area contributed by atoms with Crippen LogP contribution in [0.5, 0.6) is 5.75 Å². The highest BCUT2D eigenvalue weighted by Gasteiger charge is 2.46. The van der Waals surface area contributed by atoms with Crippen LogP contribution in [0.4, 0.5) is 29.1 Å². The van der Waals surface area contributed by atoms with Gasteiger partial charge in [-0.3, -0.25) is 19.4 Å². The van der Waals surface area contributed by atoms with E-state index in [1.165, 1.54) is 23.8 Å². The fourth-order valence-corrected chi connectivity index (χ4v) is 11.8. The number of hydrogen-bond donors (Lipinski definition) is 6. The Morgan fingerprint density at radius 2 is 1.74 bits per heavy atom. The van der Waals surface area contributed by atoms with Crippen LogP contribution in [-0.4, -0.2) is 149 Å². The van der Waals surface area contributed by atoms with Gasteiger partial charge in [-0.05, 0) is 86.7 Å². The van der Waals surface area contributed by atoms with Gasteiger partial charge >= 0.3 is 0 Å². The van der Waals surface area contributed by atoms with Gasteiger partial charge in [-0.1, -0.05) is 45.0 Å². The molecule has 0 saturated carbocycles. The number of carbonyl (C=O) groups is 3. The number of nitrogens with two attached hydrogens (primary N) is 2. The first kappa shape index (κ1) is 57.8. The number of anilines is 2. The molecule has 8 N–H and O–H groups in total. The van der Waals surface area contributed by atoms with Crippen LogP contribution in [0.1, 0.15) is 95.5 Å². The number of likely N-dealkylation sites (tertiary alicyclic amines) is 2. The van der Waals surface area contributed by atoms with E-state index in [1.807, 2.05) is 58.9 Å². The molecule has 9 rings (SSSR count). The Labute approximate surface area is 465 Å². The quantitative estimate of drug-likeness (QED) is 0.0528. The van der Waals surface area contributed by atoms with E-state index in [1.54, 1.807) is 32.4 Å². The Balaban J connectivity index is 0.782. The molecule has 0 radical (unpaired) electrons. The number of benzene rings is 2. The number of fused-ring (bicyclic) bond motifs is 1. The minimum absolute atomic E-state index is 0.0443. The number of nitrogen functional groups attached to an aromatic ring is 1. The first-order chi connectivity index (χ1) is 38.1. The molecule has 80 heavy (non-hydrogen) atoms. The summed E-state index contributed by atoms with van der Waals surface area (Å²) in [5.41, 5.74) is 16.4. The maximum Gasteiger partial charge on any atom is 0.265 e. The molecule has 3 fully saturated rings. The molecule has 428 valence electrons. The maximum atomic E-state index is 16.1. The number of aliphatic hydroxyl groups excluding tert-OH is 2. The highest BCUT2D eigenvalue weighted by Crippen LogP contribution is 2.37. The number of carbonyl (C=O) groups excluding carboxylic acids is 3. The Morgan fingerprint density at radius 3 is 2.44 bits per heavy atom. The molecule has 19 nitrogen and oxygen atoms in total. The van der Waals surface area contributed by atoms with E-state index < -0.39 is 71.2 Å². The molecule has 0 spiro atoms. The molecular weight excluding hydrogens is 1060 g/mol. The third-order valence-corrected chi connectivity index (χ3v) is 16.5. The summed E-state index contributed by atoms with van der Waals surface area (Å²) in [6, 6.07) is 9.19. The zero-order chi connectivity index (χ0) is 57.2. The number of nitrogens with one attached hydrogen (secondary N) is 2. The maximum absolute atomic E-state index is 16.1. The number of alkyl halides is 2. The van der Waals surface area contributed by atoms with Crippen molar-refractivity contribution in [2.45, 2.75) is 135 Å². The third kappa shape index (κ3) is 12.8. The van der Waals surface area contributed by atoms with Crippen LogP contribution in [0.3, 0.4) is 0 Å². The Hall–Kier alpha value is -6.86. The molecule has 6 atom stereocenters. The predicted octanol–water partition coefficient (Wildman–Crippen LogP) is 6.15. The summed E-state index contributed by atoms with van der Waals surface area (Å²) < 4.78 is 67.4. The number of β-amino-alcohol motifs (C(OH)–C–C–N with tert-alkyl or cyclic N) is 1. The molecule has 4 aromatic heterocycles. The van der Waals surface area contributed by atoms with Gasteiger partial charge in [-0.25, -0.2) is 37.5 Å². The number of aromatic nitrogens is 6. The first-order valence-electron chi connectivity index (χ1n) is 26.9. The summed E-state index contributed by atoms with van der Waals surface area (Å²) in [5, 5.41) is 27.1. The molecule has 3 aliphatic rings. The number of pyridine rings is 1. The van der Waals surface area contributed by atoms with Crippen LogP contribution < -0.4 is 31.7 Å². The first-order valence-corrected chi connectivity index (χ1v) is 27.8. The number of ether oxygens (including phenoxy) is 1. The summed E-state index contributed by atoms with van der Waals surface area (Å²) in [7, 11) is 0. The van der Waals surface area contributed by atoms with Crippen molar-refractivity contribution < 1.29 is 46.9 Å². The lowest BCUT2D eigenvalue weighted by Crippen LogP contribution is -2.63. The highest BCUT2D eigenvalue weighted by molar-refractivity contribution is 7.13. The van der Waals surface area contributed by atoms with Crippen molar-refractivity contribution in [2.24, 2.45) is 11.1 Å². The molecule has 3 aliphatic heterocycles. The number of imidazole rings is 1. The Bertz CT molecular complexity index is 3190. The van der Waals surface area contributed by atoms with Crippen molar-refractivity contribution in [3.63, 3.8) is 0 Å². The van der Waals surface area contributed by atoms with E-state index in [0.717, 1.165) is 33.8 Å². The largest absolute Gasteiger partial charge is 0.487 e. The second kappa shape index (κ2) is 24.1. The van der Waals surface area contributed by atoms with Crippen LogP contribution in [0.15, 0.2) is 66.8 Å². The molecular formula is C56H69F4N13O6S. The van der Waals surface area contributed by atoms with Gasteiger partial charge in [0.15, 0.2) is 23.0 Å². The van der Waals surface area contributed by atoms with Crippen molar-refractivity contribution in [3.05, 3.63) is 95.3 Å². The zero-order valence-corrected chi connectivity index (χ0v) is 46.2. The van der Waals surface area contributed by atoms with E-state index in [-0.39, 0.29) is 73.7 Å². The number of halogens is 4. The number of thiazole rings is 1. The second-order valence-electron chi connectivity index (χ2n) is 22.4. The Kier molecular flexibility index (Phi) is 17.4. The van der Waals surface area contributed by atoms with Gasteiger partial charge < -0.3 is 56.3 Å². The summed E-state index contributed by atoms with van der Waals surface area (Å²) in [5.74, 6) is -2.86. The van der Waals surface area contributed by atoms with E-state index in [2.05, 4.69) is 40.5 Å². The lowest BCUT2D eigenvalue weighted by Gasteiger charge is -2.44. The van der Waals surface area contributed by atoms with Crippen LogP contribution in [-0.2, 0) is 20.9 Å². The number of nitrogens with zero attached hydrogens (tertiary/aromatic N) is 9. The van der Waals surface area contributed by atoms with Gasteiger partial charge in [-0.2, -0.15) is 0 Å².